The Morgan fingerprint density at radius 1 is 1.27 bits per heavy atom. The lowest BCUT2D eigenvalue weighted by atomic mass is 9.96. The van der Waals surface area contributed by atoms with Gasteiger partial charge in [-0.3, -0.25) is 14.5 Å². The highest BCUT2D eigenvalue weighted by molar-refractivity contribution is 6.04. The number of nitrogens with zero attached hydrogens (tertiary/aromatic N) is 2. The van der Waals surface area contributed by atoms with E-state index < -0.39 is 6.03 Å². The third-order valence-electron chi connectivity index (χ3n) is 3.84. The number of likely N-dealkylation sites (N-methyl/N-ethyl adjacent to an activating group) is 1. The highest BCUT2D eigenvalue weighted by Gasteiger charge is 2.34. The summed E-state index contributed by atoms with van der Waals surface area (Å²) in [5.74, 6) is -0.429. The highest BCUT2D eigenvalue weighted by Crippen LogP contribution is 2.18. The van der Waals surface area contributed by atoms with Gasteiger partial charge in [-0.1, -0.05) is 37.3 Å². The number of rotatable bonds is 6. The lowest BCUT2D eigenvalue weighted by Crippen LogP contribution is -2.42. The van der Waals surface area contributed by atoms with Crippen LogP contribution >= 0.6 is 0 Å². The van der Waals surface area contributed by atoms with E-state index in [9.17, 15) is 14.4 Å². The van der Waals surface area contributed by atoms with Gasteiger partial charge in [-0.25, -0.2) is 4.79 Å². The summed E-state index contributed by atoms with van der Waals surface area (Å²) in [4.78, 5) is 37.6. The summed E-state index contributed by atoms with van der Waals surface area (Å²) in [5.41, 5.74) is 1.17. The molecule has 1 heterocycles. The lowest BCUT2D eigenvalue weighted by Gasteiger charge is -2.18. The van der Waals surface area contributed by atoms with Gasteiger partial charge < -0.3 is 10.2 Å². The molecule has 0 saturated carbocycles. The van der Waals surface area contributed by atoms with E-state index in [0.29, 0.717) is 6.54 Å². The first-order valence-electron chi connectivity index (χ1n) is 7.40. The average molecular weight is 303 g/mol. The van der Waals surface area contributed by atoms with Crippen molar-refractivity contribution in [1.82, 2.24) is 15.1 Å². The van der Waals surface area contributed by atoms with E-state index in [0.717, 1.165) is 11.3 Å². The molecule has 118 valence electrons. The third kappa shape index (κ3) is 3.63. The molecule has 1 N–H and O–H groups in total. The second-order valence-electron chi connectivity index (χ2n) is 5.44. The molecule has 6 nitrogen and oxygen atoms in total. The second-order valence-corrected chi connectivity index (χ2v) is 5.44. The number of carbonyl (C=O) groups excluding carboxylic acids is 3. The summed E-state index contributed by atoms with van der Waals surface area (Å²) in [5, 5.41) is 2.81. The lowest BCUT2D eigenvalue weighted by molar-refractivity contribution is -0.130. The van der Waals surface area contributed by atoms with Crippen LogP contribution in [0.4, 0.5) is 4.79 Å². The van der Waals surface area contributed by atoms with Crippen LogP contribution in [0.2, 0.25) is 0 Å². The van der Waals surface area contributed by atoms with E-state index in [1.807, 2.05) is 30.3 Å². The van der Waals surface area contributed by atoms with Crippen LogP contribution in [-0.4, -0.2) is 54.3 Å². The van der Waals surface area contributed by atoms with Crippen molar-refractivity contribution in [2.75, 3.05) is 26.7 Å². The Labute approximate surface area is 130 Å². The first-order chi connectivity index (χ1) is 10.5. The molecule has 22 heavy (non-hydrogen) atoms. The average Bonchev–Trinajstić information content (AvgIpc) is 2.75. The topological polar surface area (TPSA) is 69.7 Å². The van der Waals surface area contributed by atoms with Gasteiger partial charge in [0.05, 0.1) is 0 Å². The Hall–Kier alpha value is -2.37. The van der Waals surface area contributed by atoms with Crippen LogP contribution in [0, 0.1) is 0 Å². The number of imide groups is 1. The molecule has 0 aromatic heterocycles. The number of amides is 4. The van der Waals surface area contributed by atoms with Gasteiger partial charge in [-0.05, 0) is 12.0 Å². The van der Waals surface area contributed by atoms with Crippen molar-refractivity contribution in [2.24, 2.45) is 0 Å². The summed E-state index contributed by atoms with van der Waals surface area (Å²) >= 11 is 0. The van der Waals surface area contributed by atoms with Crippen LogP contribution in [0.25, 0.3) is 0 Å². The molecule has 1 aliphatic heterocycles. The molecule has 0 bridgehead atoms. The standard InChI is InChI=1S/C16H21N3O3/c1-3-12(13-7-5-4-6-8-13)9-17-14(20)10-19-15(21)11-18(2)16(19)22/h4-8,12H,3,9-11H2,1-2H3,(H,17,20)/t12-/m1/s1. The molecule has 0 unspecified atom stereocenters. The van der Waals surface area contributed by atoms with Crippen molar-refractivity contribution in [1.29, 1.82) is 0 Å². The molecule has 0 aliphatic carbocycles. The fourth-order valence-electron chi connectivity index (χ4n) is 2.48. The molecule has 1 aromatic carbocycles. The van der Waals surface area contributed by atoms with Crippen molar-refractivity contribution >= 4 is 17.8 Å². The van der Waals surface area contributed by atoms with Crippen molar-refractivity contribution in [3.63, 3.8) is 0 Å². The molecule has 2 rings (SSSR count). The molecule has 4 amide bonds. The first-order valence-corrected chi connectivity index (χ1v) is 7.40. The van der Waals surface area contributed by atoms with Gasteiger partial charge in [0.25, 0.3) is 5.91 Å². The van der Waals surface area contributed by atoms with Crippen molar-refractivity contribution in [3.8, 4) is 0 Å². The van der Waals surface area contributed by atoms with E-state index in [-0.39, 0.29) is 30.8 Å². The maximum atomic E-state index is 12.0. The highest BCUT2D eigenvalue weighted by atomic mass is 16.2. The minimum atomic E-state index is -0.421. The fourth-order valence-corrected chi connectivity index (χ4v) is 2.48. The largest absolute Gasteiger partial charge is 0.354 e. The minimum Gasteiger partial charge on any atom is -0.354 e. The van der Waals surface area contributed by atoms with Crippen LogP contribution in [0.3, 0.4) is 0 Å². The maximum absolute atomic E-state index is 12.0. The number of carbonyl (C=O) groups is 3. The number of urea groups is 1. The number of hydrogen-bond donors (Lipinski definition) is 1. The van der Waals surface area contributed by atoms with Crippen LogP contribution in [0.5, 0.6) is 0 Å². The van der Waals surface area contributed by atoms with Crippen molar-refractivity contribution < 1.29 is 14.4 Å². The van der Waals surface area contributed by atoms with Gasteiger partial charge in [-0.15, -0.1) is 0 Å². The molecule has 6 heteroatoms. The molecule has 1 fully saturated rings. The van der Waals surface area contributed by atoms with Gasteiger partial charge in [0, 0.05) is 19.5 Å². The Balaban J connectivity index is 1.87. The SMILES string of the molecule is CC[C@H](CNC(=O)CN1C(=O)CN(C)C1=O)c1ccccc1. The summed E-state index contributed by atoms with van der Waals surface area (Å²) < 4.78 is 0. The summed E-state index contributed by atoms with van der Waals surface area (Å²) in [7, 11) is 1.54. The Morgan fingerprint density at radius 3 is 2.50 bits per heavy atom. The summed E-state index contributed by atoms with van der Waals surface area (Å²) in [6.45, 7) is 2.37. The zero-order valence-corrected chi connectivity index (χ0v) is 12.9. The quantitative estimate of drug-likeness (QED) is 0.803. The van der Waals surface area contributed by atoms with E-state index in [4.69, 9.17) is 0 Å². The van der Waals surface area contributed by atoms with E-state index in [1.54, 1.807) is 7.05 Å². The number of nitrogens with one attached hydrogen (secondary N) is 1. The molecule has 0 radical (unpaired) electrons. The van der Waals surface area contributed by atoms with E-state index >= 15 is 0 Å². The molecule has 0 spiro atoms. The normalized spacial score (nSPS) is 16.1. The van der Waals surface area contributed by atoms with Gasteiger partial charge in [0.1, 0.15) is 13.1 Å². The number of benzene rings is 1. The smallest absolute Gasteiger partial charge is 0.327 e. The predicted molar refractivity (Wildman–Crippen MR) is 82.2 cm³/mol. The fraction of sp³-hybridized carbons (Fsp3) is 0.438. The van der Waals surface area contributed by atoms with Gasteiger partial charge >= 0.3 is 6.03 Å². The zero-order chi connectivity index (χ0) is 16.1. The molecule has 1 atom stereocenters. The van der Waals surface area contributed by atoms with Gasteiger partial charge in [0.15, 0.2) is 0 Å². The molecule has 1 aromatic rings. The zero-order valence-electron chi connectivity index (χ0n) is 12.9. The van der Waals surface area contributed by atoms with Gasteiger partial charge in [-0.2, -0.15) is 0 Å². The van der Waals surface area contributed by atoms with Crippen LogP contribution in [0.1, 0.15) is 24.8 Å². The Morgan fingerprint density at radius 2 is 1.95 bits per heavy atom. The first kappa shape index (κ1) is 16.0. The van der Waals surface area contributed by atoms with Gasteiger partial charge in [0.2, 0.25) is 5.91 Å². The minimum absolute atomic E-state index is 0.0354. The van der Waals surface area contributed by atoms with Crippen LogP contribution in [-0.2, 0) is 9.59 Å². The number of hydrogen-bond acceptors (Lipinski definition) is 3. The molecular weight excluding hydrogens is 282 g/mol. The van der Waals surface area contributed by atoms with Crippen molar-refractivity contribution in [3.05, 3.63) is 35.9 Å². The Kier molecular flexibility index (Phi) is 5.14. The monoisotopic (exact) mass is 303 g/mol. The van der Waals surface area contributed by atoms with E-state index in [2.05, 4.69) is 12.2 Å². The third-order valence-corrected chi connectivity index (χ3v) is 3.84. The molecular formula is C16H21N3O3. The molecule has 1 saturated heterocycles. The van der Waals surface area contributed by atoms with E-state index in [1.165, 1.54) is 10.5 Å². The second kappa shape index (κ2) is 7.06. The Bertz CT molecular complexity index is 559. The summed E-state index contributed by atoms with van der Waals surface area (Å²) in [6.07, 6.45) is 0.897. The van der Waals surface area contributed by atoms with Crippen LogP contribution in [0.15, 0.2) is 30.3 Å². The molecule has 1 aliphatic rings. The predicted octanol–water partition coefficient (Wildman–Crippen LogP) is 1.19. The summed E-state index contributed by atoms with van der Waals surface area (Å²) in [6, 6.07) is 9.53. The maximum Gasteiger partial charge on any atom is 0.327 e. The van der Waals surface area contributed by atoms with Crippen LogP contribution < -0.4 is 5.32 Å². The van der Waals surface area contributed by atoms with Crippen molar-refractivity contribution in [2.45, 2.75) is 19.3 Å².